The molecule has 0 aliphatic carbocycles. The quantitative estimate of drug-likeness (QED) is 0.455. The largest absolute Gasteiger partial charge is 0.417 e. The van der Waals surface area contributed by atoms with E-state index >= 15 is 0 Å². The molecule has 1 fully saturated rings. The Kier molecular flexibility index (Phi) is 7.13. The van der Waals surface area contributed by atoms with E-state index < -0.39 is 17.6 Å². The van der Waals surface area contributed by atoms with Crippen LogP contribution in [-0.4, -0.2) is 36.7 Å². The number of amides is 1. The van der Waals surface area contributed by atoms with Gasteiger partial charge in [-0.3, -0.25) is 9.79 Å². The van der Waals surface area contributed by atoms with Crippen LogP contribution in [0.1, 0.15) is 27.9 Å². The van der Waals surface area contributed by atoms with Crippen molar-refractivity contribution in [2.24, 2.45) is 10.9 Å². The van der Waals surface area contributed by atoms with Crippen molar-refractivity contribution in [1.29, 1.82) is 0 Å². The van der Waals surface area contributed by atoms with Crippen molar-refractivity contribution >= 4 is 35.1 Å². The maximum Gasteiger partial charge on any atom is 0.417 e. The minimum atomic E-state index is -4.58. The van der Waals surface area contributed by atoms with Gasteiger partial charge in [-0.05, 0) is 49.6 Å². The van der Waals surface area contributed by atoms with E-state index in [0.29, 0.717) is 53.7 Å². The number of nitrogens with two attached hydrogens (primary N) is 1. The molecular weight excluding hydrogens is 441 g/mol. The number of halogens is 4. The second-order valence-electron chi connectivity index (χ2n) is 7.82. The molecule has 1 atom stereocenters. The number of carbonyl (C=O) groups is 1. The summed E-state index contributed by atoms with van der Waals surface area (Å²) in [5.74, 6) is -0.514. The van der Waals surface area contributed by atoms with Crippen molar-refractivity contribution in [3.8, 4) is 0 Å². The summed E-state index contributed by atoms with van der Waals surface area (Å²) in [6.07, 6.45) is -2.37. The first kappa shape index (κ1) is 23.7. The lowest BCUT2D eigenvalue weighted by atomic mass is 10.0. The maximum absolute atomic E-state index is 13.3. The van der Waals surface area contributed by atoms with Crippen LogP contribution < -0.4 is 11.1 Å². The predicted molar refractivity (Wildman–Crippen MR) is 121 cm³/mol. The fourth-order valence-corrected chi connectivity index (χ4v) is 3.70. The van der Waals surface area contributed by atoms with Crippen LogP contribution in [-0.2, 0) is 6.18 Å². The van der Waals surface area contributed by atoms with Crippen LogP contribution >= 0.6 is 11.6 Å². The van der Waals surface area contributed by atoms with Gasteiger partial charge in [0, 0.05) is 30.4 Å². The summed E-state index contributed by atoms with van der Waals surface area (Å²) in [5, 5.41) is 3.65. The summed E-state index contributed by atoms with van der Waals surface area (Å²) in [6, 6.07) is 8.60. The van der Waals surface area contributed by atoms with Crippen LogP contribution in [0.2, 0.25) is 5.02 Å². The fourth-order valence-electron chi connectivity index (χ4n) is 3.53. The third-order valence-corrected chi connectivity index (χ3v) is 5.49. The van der Waals surface area contributed by atoms with Crippen LogP contribution in [0.4, 0.5) is 24.5 Å². The summed E-state index contributed by atoms with van der Waals surface area (Å²) in [4.78, 5) is 18.6. The summed E-state index contributed by atoms with van der Waals surface area (Å²) in [7, 11) is 0. The van der Waals surface area contributed by atoms with Gasteiger partial charge in [0.05, 0.1) is 28.7 Å². The van der Waals surface area contributed by atoms with Crippen molar-refractivity contribution in [2.75, 3.05) is 25.4 Å². The van der Waals surface area contributed by atoms with Crippen LogP contribution in [0, 0.1) is 12.8 Å². The molecule has 9 heteroatoms. The molecule has 0 saturated carbocycles. The molecule has 170 valence electrons. The standard InChI is InChI=1S/C23H24ClF3N4O/c1-14-3-5-19(23(25,26)27)18(9-14)22(32)31-8-7-16(13-31)12-29-15(2)11-30-21-10-17(24)4-6-20(21)28/h3-6,9-11,16,29H,2,7-8,12-13,28H2,1H3/t16-/m0/s1. The van der Waals surface area contributed by atoms with Crippen molar-refractivity contribution in [1.82, 2.24) is 10.2 Å². The number of likely N-dealkylation sites (tertiary alicyclic amines) is 1. The Hall–Kier alpha value is -3.00. The van der Waals surface area contributed by atoms with Gasteiger partial charge >= 0.3 is 6.18 Å². The van der Waals surface area contributed by atoms with Gasteiger partial charge < -0.3 is 16.0 Å². The Balaban J connectivity index is 1.58. The number of allylic oxidation sites excluding steroid dienone is 1. The molecule has 0 bridgehead atoms. The maximum atomic E-state index is 13.3. The molecule has 2 aromatic rings. The highest BCUT2D eigenvalue weighted by atomic mass is 35.5. The van der Waals surface area contributed by atoms with Crippen LogP contribution in [0.3, 0.4) is 0 Å². The summed E-state index contributed by atoms with van der Waals surface area (Å²) < 4.78 is 40.0. The number of hydrogen-bond acceptors (Lipinski definition) is 4. The lowest BCUT2D eigenvalue weighted by Crippen LogP contribution is -2.32. The lowest BCUT2D eigenvalue weighted by molar-refractivity contribution is -0.138. The Morgan fingerprint density at radius 1 is 1.34 bits per heavy atom. The first-order chi connectivity index (χ1) is 15.0. The molecule has 0 aromatic heterocycles. The molecule has 1 aliphatic rings. The third kappa shape index (κ3) is 5.82. The Bertz CT molecular complexity index is 1050. The summed E-state index contributed by atoms with van der Waals surface area (Å²) >= 11 is 5.94. The summed E-state index contributed by atoms with van der Waals surface area (Å²) in [6.45, 7) is 6.83. The molecule has 1 heterocycles. The summed E-state index contributed by atoms with van der Waals surface area (Å²) in [5.41, 5.74) is 6.81. The molecule has 32 heavy (non-hydrogen) atoms. The van der Waals surface area contributed by atoms with Gasteiger partial charge in [0.15, 0.2) is 0 Å². The molecule has 0 radical (unpaired) electrons. The highest BCUT2D eigenvalue weighted by molar-refractivity contribution is 6.31. The number of alkyl halides is 3. The highest BCUT2D eigenvalue weighted by Crippen LogP contribution is 2.34. The van der Waals surface area contributed by atoms with Gasteiger partial charge in [0.25, 0.3) is 5.91 Å². The van der Waals surface area contributed by atoms with Gasteiger partial charge in [-0.1, -0.05) is 29.8 Å². The zero-order valence-corrected chi connectivity index (χ0v) is 18.3. The van der Waals surface area contributed by atoms with Gasteiger partial charge in [0.2, 0.25) is 0 Å². The number of nitrogen functional groups attached to an aromatic ring is 1. The van der Waals surface area contributed by atoms with E-state index in [1.165, 1.54) is 23.2 Å². The Morgan fingerprint density at radius 2 is 2.09 bits per heavy atom. The molecule has 5 nitrogen and oxygen atoms in total. The first-order valence-electron chi connectivity index (χ1n) is 10.0. The van der Waals surface area contributed by atoms with E-state index in [0.717, 1.165) is 6.07 Å². The molecule has 3 rings (SSSR count). The minimum absolute atomic E-state index is 0.0829. The number of nitrogens with one attached hydrogen (secondary N) is 1. The normalized spacial score (nSPS) is 16.5. The van der Waals surface area contributed by atoms with Crippen molar-refractivity contribution in [3.05, 3.63) is 70.4 Å². The first-order valence-corrected chi connectivity index (χ1v) is 10.4. The second kappa shape index (κ2) is 9.65. The molecule has 1 saturated heterocycles. The third-order valence-electron chi connectivity index (χ3n) is 5.25. The number of nitrogens with zero attached hydrogens (tertiary/aromatic N) is 2. The second-order valence-corrected chi connectivity index (χ2v) is 8.26. The molecular formula is C23H24ClF3N4O. The average molecular weight is 465 g/mol. The van der Waals surface area contributed by atoms with E-state index in [4.69, 9.17) is 17.3 Å². The lowest BCUT2D eigenvalue weighted by Gasteiger charge is -2.20. The van der Waals surface area contributed by atoms with Crippen molar-refractivity contribution < 1.29 is 18.0 Å². The van der Waals surface area contributed by atoms with Crippen molar-refractivity contribution in [3.63, 3.8) is 0 Å². The number of aliphatic imine (C=N–C) groups is 1. The van der Waals surface area contributed by atoms with Crippen molar-refractivity contribution in [2.45, 2.75) is 19.5 Å². The molecule has 0 spiro atoms. The van der Waals surface area contributed by atoms with Gasteiger partial charge in [-0.25, -0.2) is 0 Å². The fraction of sp³-hybridized carbons (Fsp3) is 0.304. The van der Waals surface area contributed by atoms with Crippen LogP contribution in [0.25, 0.3) is 0 Å². The molecule has 1 aliphatic heterocycles. The van der Waals surface area contributed by atoms with Crippen LogP contribution in [0.15, 0.2) is 53.7 Å². The highest BCUT2D eigenvalue weighted by Gasteiger charge is 2.37. The number of rotatable bonds is 6. The Morgan fingerprint density at radius 3 is 2.81 bits per heavy atom. The Labute approximate surface area is 189 Å². The smallest absolute Gasteiger partial charge is 0.397 e. The average Bonchev–Trinajstić information content (AvgIpc) is 3.20. The van der Waals surface area contributed by atoms with E-state index in [1.54, 1.807) is 25.1 Å². The number of anilines is 1. The minimum Gasteiger partial charge on any atom is -0.397 e. The molecule has 0 unspecified atom stereocenters. The predicted octanol–water partition coefficient (Wildman–Crippen LogP) is 5.22. The van der Waals surface area contributed by atoms with Crippen LogP contribution in [0.5, 0.6) is 0 Å². The van der Waals surface area contributed by atoms with E-state index in [1.807, 2.05) is 0 Å². The number of carbonyl (C=O) groups excluding carboxylic acids is 1. The van der Waals surface area contributed by atoms with E-state index in [2.05, 4.69) is 16.9 Å². The monoisotopic (exact) mass is 464 g/mol. The van der Waals surface area contributed by atoms with E-state index in [-0.39, 0.29) is 11.5 Å². The topological polar surface area (TPSA) is 70.7 Å². The molecule has 1 amide bonds. The van der Waals surface area contributed by atoms with Gasteiger partial charge in [-0.2, -0.15) is 13.2 Å². The molecule has 2 aromatic carbocycles. The zero-order chi connectivity index (χ0) is 23.5. The SMILES string of the molecule is C=C(C=Nc1cc(Cl)ccc1N)NC[C@@H]1CCN(C(=O)c2cc(C)ccc2C(F)(F)F)C1. The van der Waals surface area contributed by atoms with E-state index in [9.17, 15) is 18.0 Å². The zero-order valence-electron chi connectivity index (χ0n) is 17.5. The van der Waals surface area contributed by atoms with Gasteiger partial charge in [-0.15, -0.1) is 0 Å². The number of aryl methyl sites for hydroxylation is 1. The van der Waals surface area contributed by atoms with Gasteiger partial charge in [0.1, 0.15) is 0 Å². The molecule has 3 N–H and O–H groups in total. The number of benzene rings is 2. The number of hydrogen-bond donors (Lipinski definition) is 2.